The third kappa shape index (κ3) is 5.58. The number of methoxy groups -OCH3 is 1. The Balaban J connectivity index is 1.72. The SMILES string of the molecule is COCCN1CCN([C@@H](C)C(=O)NC[C@H](C)c2ccccc2)CC1. The molecular weight excluding hydrogens is 302 g/mol. The number of nitrogens with zero attached hydrogens (tertiary/aromatic N) is 2. The van der Waals surface area contributed by atoms with Gasteiger partial charge in [-0.25, -0.2) is 0 Å². The monoisotopic (exact) mass is 333 g/mol. The molecule has 2 rings (SSSR count). The second kappa shape index (κ2) is 9.77. The molecule has 1 aromatic carbocycles. The van der Waals surface area contributed by atoms with Gasteiger partial charge in [-0.2, -0.15) is 0 Å². The largest absolute Gasteiger partial charge is 0.383 e. The predicted octanol–water partition coefficient (Wildman–Crippen LogP) is 1.56. The molecule has 1 aliphatic rings. The fraction of sp³-hybridized carbons (Fsp3) is 0.632. The Kier molecular flexibility index (Phi) is 7.69. The smallest absolute Gasteiger partial charge is 0.237 e. The van der Waals surface area contributed by atoms with Gasteiger partial charge in [0.1, 0.15) is 0 Å². The van der Waals surface area contributed by atoms with Gasteiger partial charge in [0.25, 0.3) is 0 Å². The van der Waals surface area contributed by atoms with Crippen molar-refractivity contribution in [2.75, 3.05) is 53.0 Å². The molecule has 0 aromatic heterocycles. The normalized spacial score (nSPS) is 19.0. The summed E-state index contributed by atoms with van der Waals surface area (Å²) in [7, 11) is 1.74. The molecule has 1 aromatic rings. The van der Waals surface area contributed by atoms with Crippen molar-refractivity contribution in [2.24, 2.45) is 0 Å². The van der Waals surface area contributed by atoms with Crippen molar-refractivity contribution in [2.45, 2.75) is 25.8 Å². The molecular formula is C19H31N3O2. The maximum Gasteiger partial charge on any atom is 0.237 e. The Labute approximate surface area is 146 Å². The highest BCUT2D eigenvalue weighted by Gasteiger charge is 2.25. The quantitative estimate of drug-likeness (QED) is 0.784. The molecule has 1 amide bonds. The average molecular weight is 333 g/mol. The number of benzene rings is 1. The Morgan fingerprint density at radius 1 is 1.17 bits per heavy atom. The summed E-state index contributed by atoms with van der Waals surface area (Å²) in [5, 5.41) is 3.11. The fourth-order valence-corrected chi connectivity index (χ4v) is 3.06. The maximum absolute atomic E-state index is 12.4. The van der Waals surface area contributed by atoms with Crippen LogP contribution in [0.4, 0.5) is 0 Å². The number of rotatable bonds is 8. The summed E-state index contributed by atoms with van der Waals surface area (Å²) in [6, 6.07) is 10.2. The summed E-state index contributed by atoms with van der Waals surface area (Å²) < 4.78 is 5.13. The molecule has 1 aliphatic heterocycles. The number of carbonyl (C=O) groups is 1. The van der Waals surface area contributed by atoms with Crippen LogP contribution in [-0.4, -0.2) is 74.7 Å². The van der Waals surface area contributed by atoms with Gasteiger partial charge in [-0.05, 0) is 18.4 Å². The molecule has 0 bridgehead atoms. The van der Waals surface area contributed by atoms with E-state index in [0.717, 1.165) is 39.3 Å². The van der Waals surface area contributed by atoms with Crippen molar-refractivity contribution < 1.29 is 9.53 Å². The van der Waals surface area contributed by atoms with Gasteiger partial charge in [0.05, 0.1) is 12.6 Å². The highest BCUT2D eigenvalue weighted by atomic mass is 16.5. The average Bonchev–Trinajstić information content (AvgIpc) is 2.64. The van der Waals surface area contributed by atoms with Crippen LogP contribution < -0.4 is 5.32 Å². The standard InChI is InChI=1S/C19H31N3O2/c1-16(18-7-5-4-6-8-18)15-20-19(23)17(2)22-11-9-21(10-12-22)13-14-24-3/h4-8,16-17H,9-15H2,1-3H3,(H,20,23)/t16-,17-/m0/s1. The number of carbonyl (C=O) groups excluding carboxylic acids is 1. The first-order valence-corrected chi connectivity index (χ1v) is 8.89. The number of amides is 1. The molecule has 2 atom stereocenters. The molecule has 24 heavy (non-hydrogen) atoms. The molecule has 134 valence electrons. The molecule has 1 N–H and O–H groups in total. The highest BCUT2D eigenvalue weighted by Crippen LogP contribution is 2.13. The molecule has 1 fully saturated rings. The molecule has 5 nitrogen and oxygen atoms in total. The van der Waals surface area contributed by atoms with E-state index in [-0.39, 0.29) is 11.9 Å². The van der Waals surface area contributed by atoms with E-state index in [1.165, 1.54) is 5.56 Å². The molecule has 0 spiro atoms. The van der Waals surface area contributed by atoms with Crippen LogP contribution in [0.15, 0.2) is 30.3 Å². The van der Waals surface area contributed by atoms with Gasteiger partial charge in [-0.3, -0.25) is 14.6 Å². The Hall–Kier alpha value is -1.43. The molecule has 0 unspecified atom stereocenters. The van der Waals surface area contributed by atoms with Crippen LogP contribution in [-0.2, 0) is 9.53 Å². The van der Waals surface area contributed by atoms with Crippen molar-refractivity contribution in [1.29, 1.82) is 0 Å². The Morgan fingerprint density at radius 3 is 2.46 bits per heavy atom. The third-order valence-electron chi connectivity index (χ3n) is 4.90. The molecule has 0 aliphatic carbocycles. The van der Waals surface area contributed by atoms with Crippen molar-refractivity contribution in [3.05, 3.63) is 35.9 Å². The van der Waals surface area contributed by atoms with E-state index in [1.807, 2.05) is 25.1 Å². The zero-order valence-corrected chi connectivity index (χ0v) is 15.2. The summed E-state index contributed by atoms with van der Waals surface area (Å²) >= 11 is 0. The fourth-order valence-electron chi connectivity index (χ4n) is 3.06. The van der Waals surface area contributed by atoms with Crippen LogP contribution in [0.1, 0.15) is 25.3 Å². The Bertz CT molecular complexity index is 487. The van der Waals surface area contributed by atoms with E-state index in [0.29, 0.717) is 12.5 Å². The van der Waals surface area contributed by atoms with Gasteiger partial charge >= 0.3 is 0 Å². The lowest BCUT2D eigenvalue weighted by molar-refractivity contribution is -0.126. The van der Waals surface area contributed by atoms with Gasteiger partial charge < -0.3 is 10.1 Å². The lowest BCUT2D eigenvalue weighted by Crippen LogP contribution is -2.54. The number of nitrogens with one attached hydrogen (secondary N) is 1. The first-order valence-electron chi connectivity index (χ1n) is 8.89. The van der Waals surface area contributed by atoms with Crippen molar-refractivity contribution in [1.82, 2.24) is 15.1 Å². The van der Waals surface area contributed by atoms with E-state index in [9.17, 15) is 4.79 Å². The molecule has 5 heteroatoms. The van der Waals surface area contributed by atoms with Crippen molar-refractivity contribution in [3.8, 4) is 0 Å². The van der Waals surface area contributed by atoms with Crippen molar-refractivity contribution in [3.63, 3.8) is 0 Å². The minimum absolute atomic E-state index is 0.0717. The summed E-state index contributed by atoms with van der Waals surface area (Å²) in [5.41, 5.74) is 1.26. The van der Waals surface area contributed by atoms with Gasteiger partial charge in [0.2, 0.25) is 5.91 Å². The molecule has 0 radical (unpaired) electrons. The number of ether oxygens (including phenoxy) is 1. The van der Waals surface area contributed by atoms with Gasteiger partial charge in [-0.1, -0.05) is 37.3 Å². The maximum atomic E-state index is 12.4. The van der Waals surface area contributed by atoms with Crippen molar-refractivity contribution >= 4 is 5.91 Å². The van der Waals surface area contributed by atoms with Crippen LogP contribution >= 0.6 is 0 Å². The summed E-state index contributed by atoms with van der Waals surface area (Å²) in [4.78, 5) is 17.1. The zero-order valence-electron chi connectivity index (χ0n) is 15.2. The molecule has 0 saturated carbocycles. The summed E-state index contributed by atoms with van der Waals surface area (Å²) in [6.45, 7) is 10.5. The highest BCUT2D eigenvalue weighted by molar-refractivity contribution is 5.81. The minimum Gasteiger partial charge on any atom is -0.383 e. The first kappa shape index (κ1) is 18.9. The van der Waals surface area contributed by atoms with Gasteiger partial charge in [0, 0.05) is 46.4 Å². The van der Waals surface area contributed by atoms with E-state index in [2.05, 4.69) is 34.2 Å². The molecule has 1 saturated heterocycles. The second-order valence-corrected chi connectivity index (χ2v) is 6.60. The van der Waals surface area contributed by atoms with Crippen LogP contribution in [0.3, 0.4) is 0 Å². The zero-order chi connectivity index (χ0) is 17.4. The second-order valence-electron chi connectivity index (χ2n) is 6.60. The van der Waals surface area contributed by atoms with Crippen LogP contribution in [0.25, 0.3) is 0 Å². The minimum atomic E-state index is -0.0717. The topological polar surface area (TPSA) is 44.8 Å². The number of piperazine rings is 1. The Morgan fingerprint density at radius 2 is 1.83 bits per heavy atom. The first-order chi connectivity index (χ1) is 11.6. The summed E-state index contributed by atoms with van der Waals surface area (Å²) in [6.07, 6.45) is 0. The molecule has 1 heterocycles. The van der Waals surface area contributed by atoms with Crippen LogP contribution in [0.5, 0.6) is 0 Å². The van der Waals surface area contributed by atoms with Crippen LogP contribution in [0.2, 0.25) is 0 Å². The van der Waals surface area contributed by atoms with E-state index < -0.39 is 0 Å². The number of hydrogen-bond acceptors (Lipinski definition) is 4. The van der Waals surface area contributed by atoms with E-state index >= 15 is 0 Å². The lowest BCUT2D eigenvalue weighted by atomic mass is 10.0. The van der Waals surface area contributed by atoms with E-state index in [4.69, 9.17) is 4.74 Å². The van der Waals surface area contributed by atoms with E-state index in [1.54, 1.807) is 7.11 Å². The van der Waals surface area contributed by atoms with Gasteiger partial charge in [-0.15, -0.1) is 0 Å². The lowest BCUT2D eigenvalue weighted by Gasteiger charge is -2.37. The summed E-state index contributed by atoms with van der Waals surface area (Å²) in [5.74, 6) is 0.455. The predicted molar refractivity (Wildman–Crippen MR) is 97.2 cm³/mol. The third-order valence-corrected chi connectivity index (χ3v) is 4.90. The van der Waals surface area contributed by atoms with Crippen LogP contribution in [0, 0.1) is 0 Å². The van der Waals surface area contributed by atoms with Gasteiger partial charge in [0.15, 0.2) is 0 Å². The number of hydrogen-bond donors (Lipinski definition) is 1.